The van der Waals surface area contributed by atoms with Crippen molar-refractivity contribution in [2.45, 2.75) is 19.3 Å². The van der Waals surface area contributed by atoms with E-state index in [9.17, 15) is 4.79 Å². The number of ether oxygens (including phenoxy) is 1. The van der Waals surface area contributed by atoms with Gasteiger partial charge in [-0.25, -0.2) is 0 Å². The highest BCUT2D eigenvalue weighted by Gasteiger charge is 1.98. The molecule has 2 nitrogen and oxygen atoms in total. The number of allylic oxidation sites excluding steroid dienone is 2. The van der Waals surface area contributed by atoms with Gasteiger partial charge in [-0.3, -0.25) is 4.79 Å². The first-order valence-electron chi connectivity index (χ1n) is 3.39. The topological polar surface area (TPSA) is 29.6 Å². The Hall–Kier alpha value is -1.05. The van der Waals surface area contributed by atoms with Crippen LogP contribution in [-0.2, 0) is 9.53 Å². The zero-order chi connectivity index (χ0) is 7.23. The van der Waals surface area contributed by atoms with Crippen molar-refractivity contribution in [3.8, 4) is 0 Å². The molecule has 1 aliphatic carbocycles. The van der Waals surface area contributed by atoms with Crippen LogP contribution in [0.1, 0.15) is 19.3 Å². The van der Waals surface area contributed by atoms with E-state index in [1.54, 1.807) is 18.6 Å². The first-order valence-corrected chi connectivity index (χ1v) is 3.39. The van der Waals surface area contributed by atoms with Crippen molar-refractivity contribution in [2.24, 2.45) is 0 Å². The molecular formula is C8H10O2. The third-order valence-electron chi connectivity index (χ3n) is 1.23. The molecule has 0 N–H and O–H groups in total. The van der Waals surface area contributed by atoms with Crippen LogP contribution < -0.4 is 0 Å². The number of carbonyl (C=O) groups excluding carboxylic acids is 1. The molecule has 0 radical (unpaired) electrons. The number of hydrogen-bond donors (Lipinski definition) is 0. The van der Waals surface area contributed by atoms with Crippen LogP contribution in [0.15, 0.2) is 24.7 Å². The molecule has 0 saturated carbocycles. The van der Waals surface area contributed by atoms with Crippen LogP contribution in [0.4, 0.5) is 0 Å². The summed E-state index contributed by atoms with van der Waals surface area (Å²) in [5, 5.41) is 0. The molecule has 0 aromatic rings. The Bertz CT molecular complexity index is 164. The van der Waals surface area contributed by atoms with E-state index in [1.165, 1.54) is 0 Å². The van der Waals surface area contributed by atoms with E-state index in [-0.39, 0.29) is 5.78 Å². The molecule has 2 aliphatic rings. The third-order valence-corrected chi connectivity index (χ3v) is 1.23. The van der Waals surface area contributed by atoms with Gasteiger partial charge in [-0.15, -0.1) is 0 Å². The highest BCUT2D eigenvalue weighted by Crippen LogP contribution is 2.04. The van der Waals surface area contributed by atoms with Gasteiger partial charge in [0.2, 0.25) is 0 Å². The summed E-state index contributed by atoms with van der Waals surface area (Å²) in [4.78, 5) is 10.4. The van der Waals surface area contributed by atoms with Gasteiger partial charge in [0.25, 0.3) is 0 Å². The zero-order valence-electron chi connectivity index (χ0n) is 5.75. The lowest BCUT2D eigenvalue weighted by molar-refractivity contribution is -0.114. The molecule has 1 aliphatic heterocycles. The Kier molecular flexibility index (Phi) is 2.74. The normalized spacial score (nSPS) is 19.0. The molecule has 54 valence electrons. The van der Waals surface area contributed by atoms with Crippen molar-refractivity contribution in [3.63, 3.8) is 0 Å². The van der Waals surface area contributed by atoms with Gasteiger partial charge >= 0.3 is 0 Å². The fourth-order valence-electron chi connectivity index (χ4n) is 0.692. The standard InChI is InChI=1S/C6H8O.C2H2O/c7-6-4-2-1-3-5-6;1-2-3-1/h2,4H,1,3,5H2;1-2H. The Labute approximate surface area is 60.2 Å². The molecule has 2 rings (SSSR count). The van der Waals surface area contributed by atoms with Gasteiger partial charge in [-0.2, -0.15) is 0 Å². The third kappa shape index (κ3) is 3.89. The Morgan fingerprint density at radius 3 is 2.30 bits per heavy atom. The average Bonchev–Trinajstić information content (AvgIpc) is 2.73. The summed E-state index contributed by atoms with van der Waals surface area (Å²) >= 11 is 0. The van der Waals surface area contributed by atoms with Gasteiger partial charge < -0.3 is 4.74 Å². The van der Waals surface area contributed by atoms with Crippen molar-refractivity contribution < 1.29 is 9.53 Å². The van der Waals surface area contributed by atoms with Crippen LogP contribution in [0.2, 0.25) is 0 Å². The van der Waals surface area contributed by atoms with Crippen LogP contribution in [0.5, 0.6) is 0 Å². The number of carbonyl (C=O) groups is 1. The first-order chi connectivity index (χ1) is 4.89. The van der Waals surface area contributed by atoms with E-state index in [1.807, 2.05) is 6.08 Å². The second-order valence-corrected chi connectivity index (χ2v) is 2.17. The van der Waals surface area contributed by atoms with Crippen molar-refractivity contribution in [1.82, 2.24) is 0 Å². The number of hydrogen-bond acceptors (Lipinski definition) is 2. The number of rotatable bonds is 0. The van der Waals surface area contributed by atoms with E-state index < -0.39 is 0 Å². The molecule has 0 bridgehead atoms. The van der Waals surface area contributed by atoms with Gasteiger partial charge in [-0.05, 0) is 18.9 Å². The molecule has 0 unspecified atom stereocenters. The predicted molar refractivity (Wildman–Crippen MR) is 38.2 cm³/mol. The van der Waals surface area contributed by atoms with Crippen LogP contribution in [0, 0.1) is 0 Å². The van der Waals surface area contributed by atoms with Gasteiger partial charge in [0.15, 0.2) is 5.78 Å². The quantitative estimate of drug-likeness (QED) is 0.510. The van der Waals surface area contributed by atoms with Gasteiger partial charge in [0.1, 0.15) is 12.5 Å². The fourth-order valence-corrected chi connectivity index (χ4v) is 0.692. The smallest absolute Gasteiger partial charge is 0.155 e. The summed E-state index contributed by atoms with van der Waals surface area (Å²) in [7, 11) is 0. The molecular weight excluding hydrogens is 128 g/mol. The lowest BCUT2D eigenvalue weighted by Gasteiger charge is -1.97. The predicted octanol–water partition coefficient (Wildman–Crippen LogP) is 1.78. The summed E-state index contributed by atoms with van der Waals surface area (Å²) in [6.07, 6.45) is 9.76. The van der Waals surface area contributed by atoms with Gasteiger partial charge in [-0.1, -0.05) is 6.08 Å². The fraction of sp³-hybridized carbons (Fsp3) is 0.375. The second kappa shape index (κ2) is 3.88. The van der Waals surface area contributed by atoms with E-state index >= 15 is 0 Å². The molecule has 0 atom stereocenters. The van der Waals surface area contributed by atoms with E-state index in [4.69, 9.17) is 0 Å². The summed E-state index contributed by atoms with van der Waals surface area (Å²) in [6.45, 7) is 0. The van der Waals surface area contributed by atoms with Crippen LogP contribution >= 0.6 is 0 Å². The Balaban J connectivity index is 0.000000138. The molecule has 10 heavy (non-hydrogen) atoms. The molecule has 0 saturated heterocycles. The SMILES string of the molecule is C1=CO1.O=C1C=CCCC1. The summed E-state index contributed by atoms with van der Waals surface area (Å²) in [5.41, 5.74) is 0. The lowest BCUT2D eigenvalue weighted by Crippen LogP contribution is -1.95. The van der Waals surface area contributed by atoms with Crippen molar-refractivity contribution in [1.29, 1.82) is 0 Å². The highest BCUT2D eigenvalue weighted by atomic mass is 16.5. The maximum absolute atomic E-state index is 10.4. The minimum Gasteiger partial charge on any atom is -0.466 e. The van der Waals surface area contributed by atoms with Crippen LogP contribution in [0.3, 0.4) is 0 Å². The van der Waals surface area contributed by atoms with E-state index in [0.29, 0.717) is 0 Å². The van der Waals surface area contributed by atoms with E-state index in [0.717, 1.165) is 19.3 Å². The monoisotopic (exact) mass is 138 g/mol. The van der Waals surface area contributed by atoms with Crippen molar-refractivity contribution >= 4 is 5.78 Å². The summed E-state index contributed by atoms with van der Waals surface area (Å²) < 4.78 is 4.25. The van der Waals surface area contributed by atoms with Crippen LogP contribution in [-0.4, -0.2) is 5.78 Å². The first kappa shape index (κ1) is 7.06. The van der Waals surface area contributed by atoms with Crippen molar-refractivity contribution in [3.05, 3.63) is 24.7 Å². The molecule has 0 spiro atoms. The summed E-state index contributed by atoms with van der Waals surface area (Å²) in [6, 6.07) is 0. The van der Waals surface area contributed by atoms with Crippen molar-refractivity contribution in [2.75, 3.05) is 0 Å². The maximum Gasteiger partial charge on any atom is 0.155 e. The molecule has 0 amide bonds. The minimum absolute atomic E-state index is 0.284. The lowest BCUT2D eigenvalue weighted by atomic mass is 10.1. The Morgan fingerprint density at radius 2 is 2.10 bits per heavy atom. The Morgan fingerprint density at radius 1 is 1.40 bits per heavy atom. The second-order valence-electron chi connectivity index (χ2n) is 2.17. The molecule has 1 heterocycles. The molecule has 0 fully saturated rings. The average molecular weight is 138 g/mol. The van der Waals surface area contributed by atoms with E-state index in [2.05, 4.69) is 4.74 Å². The van der Waals surface area contributed by atoms with Gasteiger partial charge in [0, 0.05) is 6.42 Å². The van der Waals surface area contributed by atoms with Gasteiger partial charge in [0.05, 0.1) is 0 Å². The summed E-state index contributed by atoms with van der Waals surface area (Å²) in [5.74, 6) is 0.284. The zero-order valence-corrected chi connectivity index (χ0v) is 5.75. The molecule has 0 aromatic carbocycles. The minimum atomic E-state index is 0.284. The maximum atomic E-state index is 10.4. The highest BCUT2D eigenvalue weighted by molar-refractivity contribution is 5.90. The largest absolute Gasteiger partial charge is 0.466 e. The number of ketones is 1. The molecule has 2 heteroatoms. The molecule has 0 aromatic heterocycles. The van der Waals surface area contributed by atoms with Crippen LogP contribution in [0.25, 0.3) is 0 Å².